The largest absolute Gasteiger partial charge is 0.495 e. The second kappa shape index (κ2) is 7.88. The van der Waals surface area contributed by atoms with Gasteiger partial charge in [-0.2, -0.15) is 0 Å². The molecule has 1 amide bonds. The van der Waals surface area contributed by atoms with Crippen molar-refractivity contribution in [2.75, 3.05) is 14.2 Å². The number of nitrogens with one attached hydrogen (secondary N) is 1. The third kappa shape index (κ3) is 4.93. The lowest BCUT2D eigenvalue weighted by Crippen LogP contribution is -2.42. The lowest BCUT2D eigenvalue weighted by Gasteiger charge is -2.18. The topological polar surface area (TPSA) is 64.6 Å². The average molecular weight is 314 g/mol. The summed E-state index contributed by atoms with van der Waals surface area (Å²) in [6.07, 6.45) is 0.502. The summed E-state index contributed by atoms with van der Waals surface area (Å²) in [6, 6.07) is 4.01. The van der Waals surface area contributed by atoms with Crippen LogP contribution in [0.2, 0.25) is 5.02 Å². The number of benzene rings is 1. The number of esters is 1. The second-order valence-electron chi connectivity index (χ2n) is 5.03. The van der Waals surface area contributed by atoms with E-state index in [4.69, 9.17) is 21.1 Å². The second-order valence-corrected chi connectivity index (χ2v) is 5.44. The van der Waals surface area contributed by atoms with Gasteiger partial charge in [0.05, 0.1) is 19.2 Å². The molecule has 0 aliphatic rings. The van der Waals surface area contributed by atoms with Gasteiger partial charge in [0.1, 0.15) is 11.8 Å². The van der Waals surface area contributed by atoms with Crippen molar-refractivity contribution in [1.29, 1.82) is 0 Å². The van der Waals surface area contributed by atoms with Crippen molar-refractivity contribution in [3.63, 3.8) is 0 Å². The molecular weight excluding hydrogens is 294 g/mol. The van der Waals surface area contributed by atoms with E-state index < -0.39 is 12.0 Å². The zero-order valence-corrected chi connectivity index (χ0v) is 13.4. The van der Waals surface area contributed by atoms with E-state index in [-0.39, 0.29) is 11.8 Å². The zero-order valence-electron chi connectivity index (χ0n) is 12.6. The van der Waals surface area contributed by atoms with Crippen molar-refractivity contribution in [3.05, 3.63) is 28.8 Å². The van der Waals surface area contributed by atoms with Crippen LogP contribution in [0.1, 0.15) is 30.6 Å². The standard InChI is InChI=1S/C15H20ClNO4/c1-9(2)7-12(15(19)21-4)17-14(18)10-5-6-13(20-3)11(16)8-10/h5-6,8-9,12H,7H2,1-4H3,(H,17,18). The molecule has 0 saturated heterocycles. The molecule has 1 N–H and O–H groups in total. The molecule has 1 atom stereocenters. The molecule has 0 spiro atoms. The van der Waals surface area contributed by atoms with E-state index in [1.807, 2.05) is 13.8 Å². The lowest BCUT2D eigenvalue weighted by atomic mass is 10.0. The van der Waals surface area contributed by atoms with Crippen molar-refractivity contribution >= 4 is 23.5 Å². The van der Waals surface area contributed by atoms with Crippen LogP contribution < -0.4 is 10.1 Å². The quantitative estimate of drug-likeness (QED) is 0.820. The summed E-state index contributed by atoms with van der Waals surface area (Å²) in [7, 11) is 2.79. The third-order valence-corrected chi connectivity index (χ3v) is 3.21. The van der Waals surface area contributed by atoms with Crippen LogP contribution in [0.25, 0.3) is 0 Å². The Kier molecular flexibility index (Phi) is 6.49. The minimum Gasteiger partial charge on any atom is -0.495 e. The molecule has 0 radical (unpaired) electrons. The SMILES string of the molecule is COC(=O)C(CC(C)C)NC(=O)c1ccc(OC)c(Cl)c1. The fourth-order valence-electron chi connectivity index (χ4n) is 1.88. The Morgan fingerprint density at radius 3 is 2.43 bits per heavy atom. The molecular formula is C15H20ClNO4. The summed E-state index contributed by atoms with van der Waals surface area (Å²) in [5.74, 6) is -0.110. The summed E-state index contributed by atoms with van der Waals surface area (Å²) in [6.45, 7) is 3.93. The molecule has 0 aliphatic heterocycles. The van der Waals surface area contributed by atoms with Gasteiger partial charge in [0.25, 0.3) is 5.91 Å². The van der Waals surface area contributed by atoms with E-state index in [1.165, 1.54) is 20.3 Å². The van der Waals surface area contributed by atoms with Crippen LogP contribution in [-0.2, 0) is 9.53 Å². The first-order chi connectivity index (χ1) is 9.88. The molecule has 116 valence electrons. The van der Waals surface area contributed by atoms with Crippen LogP contribution in [0.5, 0.6) is 5.75 Å². The molecule has 5 nitrogen and oxygen atoms in total. The first-order valence-corrected chi connectivity index (χ1v) is 6.99. The maximum Gasteiger partial charge on any atom is 0.328 e. The van der Waals surface area contributed by atoms with Gasteiger partial charge < -0.3 is 14.8 Å². The molecule has 0 aliphatic carbocycles. The van der Waals surface area contributed by atoms with E-state index in [0.717, 1.165) is 0 Å². The van der Waals surface area contributed by atoms with Gasteiger partial charge in [0, 0.05) is 5.56 Å². The fraction of sp³-hybridized carbons (Fsp3) is 0.467. The lowest BCUT2D eigenvalue weighted by molar-refractivity contribution is -0.143. The minimum absolute atomic E-state index is 0.244. The van der Waals surface area contributed by atoms with Crippen molar-refractivity contribution in [1.82, 2.24) is 5.32 Å². The number of carbonyl (C=O) groups excluding carboxylic acids is 2. The Bertz CT molecular complexity index is 516. The summed E-state index contributed by atoms with van der Waals surface area (Å²) < 4.78 is 9.74. The van der Waals surface area contributed by atoms with Gasteiger partial charge in [-0.05, 0) is 30.5 Å². The van der Waals surface area contributed by atoms with Crippen LogP contribution in [0.3, 0.4) is 0 Å². The monoisotopic (exact) mass is 313 g/mol. The smallest absolute Gasteiger partial charge is 0.328 e. The maximum atomic E-state index is 12.2. The van der Waals surface area contributed by atoms with Gasteiger partial charge in [0.15, 0.2) is 0 Å². The fourth-order valence-corrected chi connectivity index (χ4v) is 2.13. The van der Waals surface area contributed by atoms with E-state index in [1.54, 1.807) is 12.1 Å². The number of carbonyl (C=O) groups is 2. The molecule has 0 heterocycles. The molecule has 0 bridgehead atoms. The van der Waals surface area contributed by atoms with E-state index >= 15 is 0 Å². The van der Waals surface area contributed by atoms with Crippen LogP contribution >= 0.6 is 11.6 Å². The number of ether oxygens (including phenoxy) is 2. The van der Waals surface area contributed by atoms with Gasteiger partial charge in [-0.15, -0.1) is 0 Å². The van der Waals surface area contributed by atoms with Gasteiger partial charge in [-0.25, -0.2) is 4.79 Å². The normalized spacial score (nSPS) is 11.9. The molecule has 1 unspecified atom stereocenters. The Labute approximate surface area is 129 Å². The van der Waals surface area contributed by atoms with Crippen molar-refractivity contribution < 1.29 is 19.1 Å². The van der Waals surface area contributed by atoms with Crippen LogP contribution in [0.15, 0.2) is 18.2 Å². The number of rotatable bonds is 6. The highest BCUT2D eigenvalue weighted by Crippen LogP contribution is 2.25. The van der Waals surface area contributed by atoms with Crippen molar-refractivity contribution in [2.45, 2.75) is 26.3 Å². The number of amides is 1. The van der Waals surface area contributed by atoms with E-state index in [0.29, 0.717) is 22.8 Å². The van der Waals surface area contributed by atoms with Crippen molar-refractivity contribution in [2.24, 2.45) is 5.92 Å². The maximum absolute atomic E-state index is 12.2. The molecule has 21 heavy (non-hydrogen) atoms. The number of halogens is 1. The Hall–Kier alpha value is -1.75. The first-order valence-electron chi connectivity index (χ1n) is 6.61. The van der Waals surface area contributed by atoms with E-state index in [9.17, 15) is 9.59 Å². The Morgan fingerprint density at radius 2 is 1.95 bits per heavy atom. The summed E-state index contributed by atoms with van der Waals surface area (Å²) >= 11 is 5.99. The predicted molar refractivity (Wildman–Crippen MR) is 80.7 cm³/mol. The highest BCUT2D eigenvalue weighted by Gasteiger charge is 2.23. The number of hydrogen-bond donors (Lipinski definition) is 1. The first kappa shape index (κ1) is 17.3. The molecule has 0 fully saturated rings. The Morgan fingerprint density at radius 1 is 1.29 bits per heavy atom. The number of methoxy groups -OCH3 is 2. The predicted octanol–water partition coefficient (Wildman–Crippen LogP) is 2.67. The molecule has 1 aromatic rings. The summed E-state index contributed by atoms with van der Waals surface area (Å²) in [5, 5.41) is 3.00. The highest BCUT2D eigenvalue weighted by atomic mass is 35.5. The average Bonchev–Trinajstić information content (AvgIpc) is 2.44. The van der Waals surface area contributed by atoms with Gasteiger partial charge in [-0.1, -0.05) is 25.4 Å². The van der Waals surface area contributed by atoms with Gasteiger partial charge >= 0.3 is 5.97 Å². The zero-order chi connectivity index (χ0) is 16.0. The van der Waals surface area contributed by atoms with Crippen molar-refractivity contribution in [3.8, 4) is 5.75 Å². The highest BCUT2D eigenvalue weighted by molar-refractivity contribution is 6.32. The third-order valence-electron chi connectivity index (χ3n) is 2.91. The van der Waals surface area contributed by atoms with Crippen LogP contribution in [-0.4, -0.2) is 32.1 Å². The summed E-state index contributed by atoms with van der Waals surface area (Å²) in [5.41, 5.74) is 0.360. The summed E-state index contributed by atoms with van der Waals surface area (Å²) in [4.78, 5) is 23.9. The molecule has 0 saturated carbocycles. The Balaban J connectivity index is 2.86. The molecule has 1 rings (SSSR count). The molecule has 0 aromatic heterocycles. The van der Waals surface area contributed by atoms with Crippen LogP contribution in [0, 0.1) is 5.92 Å². The molecule has 1 aromatic carbocycles. The van der Waals surface area contributed by atoms with Gasteiger partial charge in [0.2, 0.25) is 0 Å². The molecule has 6 heteroatoms. The van der Waals surface area contributed by atoms with Gasteiger partial charge in [-0.3, -0.25) is 4.79 Å². The van der Waals surface area contributed by atoms with E-state index in [2.05, 4.69) is 5.32 Å². The van der Waals surface area contributed by atoms with Crippen LogP contribution in [0.4, 0.5) is 0 Å². The number of hydrogen-bond acceptors (Lipinski definition) is 4. The minimum atomic E-state index is -0.677.